The summed E-state index contributed by atoms with van der Waals surface area (Å²) in [7, 11) is 0. The van der Waals surface area contributed by atoms with Crippen LogP contribution in [0, 0.1) is 0 Å². The second kappa shape index (κ2) is 6.55. The highest BCUT2D eigenvalue weighted by Crippen LogP contribution is 2.30. The van der Waals surface area contributed by atoms with Crippen molar-refractivity contribution in [3.8, 4) is 0 Å². The Bertz CT molecular complexity index is 993. The maximum atomic E-state index is 12.7. The minimum absolute atomic E-state index is 0.0281. The van der Waals surface area contributed by atoms with Gasteiger partial charge < -0.3 is 20.2 Å². The lowest BCUT2D eigenvalue weighted by Crippen LogP contribution is -2.25. The van der Waals surface area contributed by atoms with Crippen molar-refractivity contribution in [1.29, 1.82) is 0 Å². The molecule has 1 aromatic heterocycles. The van der Waals surface area contributed by atoms with Crippen LogP contribution in [0.15, 0.2) is 48.5 Å². The van der Waals surface area contributed by atoms with E-state index in [1.54, 1.807) is 24.3 Å². The molecule has 0 saturated heterocycles. The summed E-state index contributed by atoms with van der Waals surface area (Å²) < 4.78 is 38.2. The lowest BCUT2D eigenvalue weighted by atomic mass is 10.1. The van der Waals surface area contributed by atoms with Crippen molar-refractivity contribution in [2.24, 2.45) is 0 Å². The van der Waals surface area contributed by atoms with Crippen LogP contribution < -0.4 is 10.4 Å². The molecule has 0 fully saturated rings. The molecule has 3 aromatic rings. The number of H-pyrrole nitrogens is 1. The Morgan fingerprint density at radius 2 is 1.81 bits per heavy atom. The average molecular weight is 361 g/mol. The van der Waals surface area contributed by atoms with Crippen molar-refractivity contribution in [2.75, 3.05) is 5.32 Å². The molecule has 26 heavy (non-hydrogen) atoms. The first-order valence-electron chi connectivity index (χ1n) is 7.54. The van der Waals surface area contributed by atoms with Gasteiger partial charge in [0.2, 0.25) is 5.91 Å². The van der Waals surface area contributed by atoms with E-state index in [0.717, 1.165) is 12.1 Å². The van der Waals surface area contributed by atoms with Crippen molar-refractivity contribution in [1.82, 2.24) is 4.98 Å². The zero-order valence-corrected chi connectivity index (χ0v) is 13.2. The molecule has 0 aliphatic heterocycles. The number of hydrogen-bond acceptors (Lipinski definition) is 3. The molecule has 2 N–H and O–H groups in total. The minimum atomic E-state index is -4.53. The highest BCUT2D eigenvalue weighted by molar-refractivity contribution is 6.01. The number of para-hydroxylation sites is 1. The SMILES string of the molecule is O=C(Cc1c(C(=O)[O-])[nH]c2ccccc12)Nc1cccc(C(F)(F)F)c1. The second-order valence-corrected chi connectivity index (χ2v) is 5.62. The molecule has 8 heteroatoms. The van der Waals surface area contributed by atoms with Crippen molar-refractivity contribution in [3.63, 3.8) is 0 Å². The fraction of sp³-hybridized carbons (Fsp3) is 0.111. The molecular weight excluding hydrogens is 349 g/mol. The number of carboxylic acids is 1. The number of rotatable bonds is 4. The highest BCUT2D eigenvalue weighted by atomic mass is 19.4. The Kier molecular flexibility index (Phi) is 4.41. The number of aromatic carboxylic acids is 1. The summed E-state index contributed by atoms with van der Waals surface area (Å²) in [4.78, 5) is 26.2. The van der Waals surface area contributed by atoms with Crippen LogP contribution in [-0.4, -0.2) is 16.9 Å². The van der Waals surface area contributed by atoms with E-state index in [0.29, 0.717) is 10.9 Å². The Hall–Kier alpha value is -3.29. The van der Waals surface area contributed by atoms with Crippen LogP contribution in [0.3, 0.4) is 0 Å². The Labute approximate surface area is 145 Å². The maximum absolute atomic E-state index is 12.7. The first-order valence-corrected chi connectivity index (χ1v) is 7.54. The number of aromatic nitrogens is 1. The maximum Gasteiger partial charge on any atom is 0.416 e. The van der Waals surface area contributed by atoms with Crippen molar-refractivity contribution >= 4 is 28.5 Å². The topological polar surface area (TPSA) is 85.0 Å². The van der Waals surface area contributed by atoms with Crippen LogP contribution in [0.25, 0.3) is 10.9 Å². The summed E-state index contributed by atoms with van der Waals surface area (Å²) in [6.07, 6.45) is -4.86. The third-order valence-corrected chi connectivity index (χ3v) is 3.83. The van der Waals surface area contributed by atoms with Crippen LogP contribution in [0.4, 0.5) is 18.9 Å². The van der Waals surface area contributed by atoms with Crippen molar-refractivity contribution < 1.29 is 27.9 Å². The third-order valence-electron chi connectivity index (χ3n) is 3.83. The van der Waals surface area contributed by atoms with E-state index in [2.05, 4.69) is 10.3 Å². The highest BCUT2D eigenvalue weighted by Gasteiger charge is 2.30. The molecule has 0 atom stereocenters. The zero-order chi connectivity index (χ0) is 18.9. The van der Waals surface area contributed by atoms with Gasteiger partial charge in [0, 0.05) is 16.6 Å². The van der Waals surface area contributed by atoms with Crippen LogP contribution in [-0.2, 0) is 17.4 Å². The summed E-state index contributed by atoms with van der Waals surface area (Å²) in [5, 5.41) is 14.2. The van der Waals surface area contributed by atoms with E-state index in [4.69, 9.17) is 0 Å². The van der Waals surface area contributed by atoms with Crippen LogP contribution in [0.5, 0.6) is 0 Å². The van der Waals surface area contributed by atoms with E-state index >= 15 is 0 Å². The lowest BCUT2D eigenvalue weighted by molar-refractivity contribution is -0.255. The first kappa shape index (κ1) is 17.5. The number of carbonyl (C=O) groups is 2. The van der Waals surface area contributed by atoms with Crippen LogP contribution in [0.2, 0.25) is 0 Å². The number of hydrogen-bond donors (Lipinski definition) is 2. The average Bonchev–Trinajstić information content (AvgIpc) is 2.93. The molecule has 0 bridgehead atoms. The molecule has 1 heterocycles. The molecular formula is C18H12F3N2O3-. The van der Waals surface area contributed by atoms with Gasteiger partial charge in [0.1, 0.15) is 0 Å². The number of benzene rings is 2. The van der Waals surface area contributed by atoms with Gasteiger partial charge in [-0.3, -0.25) is 4.79 Å². The Balaban J connectivity index is 1.86. The number of amides is 1. The number of anilines is 1. The van der Waals surface area contributed by atoms with E-state index in [1.807, 2.05) is 0 Å². The third kappa shape index (κ3) is 3.53. The molecule has 0 unspecified atom stereocenters. The summed E-state index contributed by atoms with van der Waals surface area (Å²) in [6, 6.07) is 10.9. The van der Waals surface area contributed by atoms with Gasteiger partial charge in [0.15, 0.2) is 0 Å². The number of carbonyl (C=O) groups excluding carboxylic acids is 2. The van der Waals surface area contributed by atoms with Crippen molar-refractivity contribution in [2.45, 2.75) is 12.6 Å². The smallest absolute Gasteiger partial charge is 0.416 e. The van der Waals surface area contributed by atoms with E-state index in [9.17, 15) is 27.9 Å². The predicted molar refractivity (Wildman–Crippen MR) is 86.4 cm³/mol. The molecule has 0 aliphatic rings. The van der Waals surface area contributed by atoms with E-state index in [-0.39, 0.29) is 23.4 Å². The van der Waals surface area contributed by atoms with Gasteiger partial charge in [-0.1, -0.05) is 24.3 Å². The molecule has 0 spiro atoms. The summed E-state index contributed by atoms with van der Waals surface area (Å²) in [6.45, 7) is 0. The first-order chi connectivity index (χ1) is 12.3. The molecule has 5 nitrogen and oxygen atoms in total. The van der Waals surface area contributed by atoms with E-state index < -0.39 is 23.6 Å². The fourth-order valence-corrected chi connectivity index (χ4v) is 2.70. The number of fused-ring (bicyclic) bond motifs is 1. The molecule has 134 valence electrons. The van der Waals surface area contributed by atoms with Gasteiger partial charge in [-0.2, -0.15) is 13.2 Å². The molecule has 0 radical (unpaired) electrons. The van der Waals surface area contributed by atoms with Gasteiger partial charge in [0.25, 0.3) is 0 Å². The summed E-state index contributed by atoms with van der Waals surface area (Å²) in [5.74, 6) is -2.11. The van der Waals surface area contributed by atoms with Gasteiger partial charge in [-0.15, -0.1) is 0 Å². The minimum Gasteiger partial charge on any atom is -0.543 e. The Morgan fingerprint density at radius 3 is 2.50 bits per heavy atom. The van der Waals surface area contributed by atoms with Gasteiger partial charge in [-0.05, 0) is 29.8 Å². The second-order valence-electron chi connectivity index (χ2n) is 5.62. The number of nitrogens with one attached hydrogen (secondary N) is 2. The zero-order valence-electron chi connectivity index (χ0n) is 13.2. The standard InChI is InChI=1S/C18H13F3N2O3/c19-18(20,21)10-4-3-5-11(8-10)22-15(24)9-13-12-6-1-2-7-14(12)23-16(13)17(25)26/h1-8,23H,9H2,(H,22,24)(H,25,26)/p-1. The van der Waals surface area contributed by atoms with Crippen LogP contribution in [0.1, 0.15) is 21.6 Å². The number of aromatic amines is 1. The molecule has 2 aromatic carbocycles. The number of alkyl halides is 3. The number of carboxylic acid groups (broad SMARTS) is 1. The van der Waals surface area contributed by atoms with E-state index in [1.165, 1.54) is 12.1 Å². The predicted octanol–water partition coefficient (Wildman–Crippen LogP) is 2.73. The summed E-state index contributed by atoms with van der Waals surface area (Å²) in [5.41, 5.74) is -0.415. The molecule has 1 amide bonds. The molecule has 0 aliphatic carbocycles. The van der Waals surface area contributed by atoms with Crippen molar-refractivity contribution in [3.05, 3.63) is 65.4 Å². The molecule has 0 saturated carbocycles. The monoisotopic (exact) mass is 361 g/mol. The fourth-order valence-electron chi connectivity index (χ4n) is 2.70. The quantitative estimate of drug-likeness (QED) is 0.749. The Morgan fingerprint density at radius 1 is 1.08 bits per heavy atom. The largest absolute Gasteiger partial charge is 0.543 e. The van der Waals surface area contributed by atoms with Gasteiger partial charge in [0.05, 0.1) is 23.6 Å². The van der Waals surface area contributed by atoms with Gasteiger partial charge >= 0.3 is 6.18 Å². The summed E-state index contributed by atoms with van der Waals surface area (Å²) >= 11 is 0. The number of halogens is 3. The normalized spacial score (nSPS) is 11.5. The lowest BCUT2D eigenvalue weighted by Gasteiger charge is -2.10. The molecule has 3 rings (SSSR count). The van der Waals surface area contributed by atoms with Gasteiger partial charge in [-0.25, -0.2) is 0 Å². The van der Waals surface area contributed by atoms with Crippen LogP contribution >= 0.6 is 0 Å².